The monoisotopic (exact) mass is 1830 g/mol. The number of esters is 4. The summed E-state index contributed by atoms with van der Waals surface area (Å²) in [6, 6.07) is 72.0. The standard InChI is InChI=1S/C52H64N2O13.C50H60N4O12/c1-5-41-35(2)43(61-32-37-22-12-8-13-23-37)42(54-36(3)55)50(64-41)66-45-44(62-33-38-24-14-9-15-25-38)47(65-48(56)40-28-18-11-19-29-40)51(67-46(45)49(57)59-4)60-31-21-7-6-20-30-53-52(58)63-34-39-26-16-10-17-27-39;1-4-39-34(2)41(60-31-35-21-11-7-12-22-35)40(53-54-51)48(63-39)65-43-42(61-32-36-23-13-8-14-24-36)45(64-46(55)38-27-17-10-18-28-38)49(66-44(43)47(56)58-3)59-30-20-6-5-19-29-52-50(57)62-33-37-25-15-9-16-26-37/h8-19,22-29,35,41-47,50-51H,5-7,20-21,30-34H2,1-4H3,(H,53,58)(H,54,55);7-18,21-28,34,39-45,48-49H,4-6,19-20,29-33H2,1-3H3,(H,52,57). The van der Waals surface area contributed by atoms with Gasteiger partial charge in [-0.25, -0.2) is 28.8 Å². The molecule has 31 heteroatoms. The van der Waals surface area contributed by atoms with Gasteiger partial charge in [-0.15, -0.1) is 0 Å². The van der Waals surface area contributed by atoms with Crippen LogP contribution in [0.3, 0.4) is 0 Å². The Morgan fingerprint density at radius 3 is 1.05 bits per heavy atom. The van der Waals surface area contributed by atoms with Gasteiger partial charge in [0.25, 0.3) is 0 Å². The Kier molecular flexibility index (Phi) is 42.4. The molecule has 4 aliphatic heterocycles. The third-order valence-corrected chi connectivity index (χ3v) is 23.2. The van der Waals surface area contributed by atoms with Crippen LogP contribution >= 0.6 is 0 Å². The summed E-state index contributed by atoms with van der Waals surface area (Å²) in [5, 5.41) is 12.7. The number of carbonyl (C=O) groups is 7. The molecular formula is C102H124N6O25. The first kappa shape index (κ1) is 102. The highest BCUT2D eigenvalue weighted by Crippen LogP contribution is 2.41. The number of rotatable bonds is 46. The highest BCUT2D eigenvalue weighted by Gasteiger charge is 2.59. The van der Waals surface area contributed by atoms with Gasteiger partial charge in [-0.2, -0.15) is 0 Å². The maximum absolute atomic E-state index is 14.0. The van der Waals surface area contributed by atoms with E-state index < -0.39 is 140 Å². The summed E-state index contributed by atoms with van der Waals surface area (Å²) in [4.78, 5) is 96.1. The molecule has 0 aliphatic carbocycles. The van der Waals surface area contributed by atoms with Crippen LogP contribution in [0.2, 0.25) is 0 Å². The Hall–Kier alpha value is -11.5. The molecule has 0 bridgehead atoms. The quantitative estimate of drug-likeness (QED) is 0.00796. The second-order valence-corrected chi connectivity index (χ2v) is 32.7. The summed E-state index contributed by atoms with van der Waals surface area (Å²) in [7, 11) is 2.46. The van der Waals surface area contributed by atoms with Crippen molar-refractivity contribution in [3.63, 3.8) is 0 Å². The molecule has 8 aromatic rings. The summed E-state index contributed by atoms with van der Waals surface area (Å²) in [5.74, 6) is -3.74. The van der Waals surface area contributed by atoms with Gasteiger partial charge in [0.2, 0.25) is 5.91 Å². The van der Waals surface area contributed by atoms with E-state index in [1.165, 1.54) is 21.1 Å². The first-order chi connectivity index (χ1) is 64.9. The van der Waals surface area contributed by atoms with Crippen LogP contribution in [0.1, 0.15) is 153 Å². The average molecular weight is 1830 g/mol. The zero-order valence-corrected chi connectivity index (χ0v) is 76.3. The minimum Gasteiger partial charge on any atom is -0.467 e. The second-order valence-electron chi connectivity index (χ2n) is 32.7. The number of nitrogens with zero attached hydrogens (tertiary/aromatic N) is 3. The lowest BCUT2D eigenvalue weighted by atomic mass is 9.87. The number of methoxy groups -OCH3 is 2. The van der Waals surface area contributed by atoms with Crippen molar-refractivity contribution in [2.75, 3.05) is 40.5 Å². The zero-order chi connectivity index (χ0) is 93.9. The molecule has 3 N–H and O–H groups in total. The molecule has 12 rings (SSSR count). The summed E-state index contributed by atoms with van der Waals surface area (Å²) < 4.78 is 113. The van der Waals surface area contributed by atoms with Crippen molar-refractivity contribution < 1.29 is 119 Å². The van der Waals surface area contributed by atoms with Crippen molar-refractivity contribution in [2.45, 2.75) is 249 Å². The Morgan fingerprint density at radius 2 is 0.692 bits per heavy atom. The molecule has 4 saturated heterocycles. The van der Waals surface area contributed by atoms with Crippen molar-refractivity contribution in [1.29, 1.82) is 0 Å². The number of carbonyl (C=O) groups excluding carboxylic acids is 7. The van der Waals surface area contributed by atoms with Crippen LogP contribution in [0.25, 0.3) is 10.4 Å². The number of hydrogen-bond acceptors (Lipinski definition) is 26. The van der Waals surface area contributed by atoms with Gasteiger partial charge in [-0.3, -0.25) is 4.79 Å². The lowest BCUT2D eigenvalue weighted by Crippen LogP contribution is -2.67. The summed E-state index contributed by atoms with van der Waals surface area (Å²) in [6.07, 6.45) is -12.1. The Bertz CT molecular complexity index is 4820. The fourth-order valence-corrected chi connectivity index (χ4v) is 16.2. The molecule has 8 aromatic carbocycles. The molecule has 0 saturated carbocycles. The van der Waals surface area contributed by atoms with Gasteiger partial charge < -0.3 is 101 Å². The number of nitrogens with one attached hydrogen (secondary N) is 3. The van der Waals surface area contributed by atoms with E-state index in [0.717, 1.165) is 59.1 Å². The number of azide groups is 1. The zero-order valence-electron chi connectivity index (χ0n) is 76.3. The molecule has 3 amide bonds. The van der Waals surface area contributed by atoms with E-state index in [2.05, 4.69) is 26.0 Å². The highest BCUT2D eigenvalue weighted by molar-refractivity contribution is 5.90. The predicted octanol–water partition coefficient (Wildman–Crippen LogP) is 16.1. The largest absolute Gasteiger partial charge is 0.467 e. The molecule has 133 heavy (non-hydrogen) atoms. The van der Waals surface area contributed by atoms with Gasteiger partial charge in [0.1, 0.15) is 49.7 Å². The van der Waals surface area contributed by atoms with Gasteiger partial charge in [0.15, 0.2) is 49.6 Å². The maximum Gasteiger partial charge on any atom is 0.407 e. The van der Waals surface area contributed by atoms with Crippen LogP contribution in [0.5, 0.6) is 0 Å². The number of ether oxygens (including phenoxy) is 18. The minimum atomic E-state index is -1.49. The summed E-state index contributed by atoms with van der Waals surface area (Å²) in [5.41, 5.74) is 15.7. The normalized spacial score (nSPS) is 24.8. The number of hydrogen-bond donors (Lipinski definition) is 3. The number of unbranched alkanes of at least 4 members (excludes halogenated alkanes) is 6. The number of alkyl carbamates (subject to hydrolysis) is 2. The number of amides is 3. The molecule has 4 fully saturated rings. The first-order valence-corrected chi connectivity index (χ1v) is 45.6. The SMILES string of the molecule is CCC1OC(OC2C(C(=O)OC)OC(OCCCCCCNC(=O)OCc3ccccc3)C(OC(=O)c3ccccc3)C2OCc2ccccc2)C(N=[N+]=[N-])C(OCc2ccccc2)C1C.CCC1OC(OC2C(C(=O)OC)OC(OCCCCCCNC(=O)OCc3ccccc3)C(OC(=O)c3ccccc3)C2OCc2ccccc2)C(NC(C)=O)C(OCc2ccccc2)C1C. The van der Waals surface area contributed by atoms with Gasteiger partial charge in [0.05, 0.1) is 76.2 Å². The van der Waals surface area contributed by atoms with Crippen LogP contribution in [0, 0.1) is 11.8 Å². The average Bonchev–Trinajstić information content (AvgIpc) is 0.764. The van der Waals surface area contributed by atoms with Crippen LogP contribution in [0.4, 0.5) is 9.59 Å². The van der Waals surface area contributed by atoms with E-state index in [-0.39, 0.29) is 87.8 Å². The third-order valence-electron chi connectivity index (χ3n) is 23.2. The van der Waals surface area contributed by atoms with E-state index in [1.54, 1.807) is 60.7 Å². The maximum atomic E-state index is 14.0. The fourth-order valence-electron chi connectivity index (χ4n) is 16.2. The van der Waals surface area contributed by atoms with Gasteiger partial charge in [-0.1, -0.05) is 277 Å². The molecule has 20 unspecified atom stereocenters. The Morgan fingerprint density at radius 1 is 0.368 bits per heavy atom. The van der Waals surface area contributed by atoms with E-state index in [0.29, 0.717) is 51.6 Å². The molecule has 0 spiro atoms. The molecule has 4 heterocycles. The van der Waals surface area contributed by atoms with Crippen LogP contribution in [-0.4, -0.2) is 193 Å². The van der Waals surface area contributed by atoms with Crippen LogP contribution in [0.15, 0.2) is 248 Å². The number of benzene rings is 8. The third kappa shape index (κ3) is 31.6. The van der Waals surface area contributed by atoms with Gasteiger partial charge >= 0.3 is 36.1 Å². The van der Waals surface area contributed by atoms with Crippen LogP contribution < -0.4 is 16.0 Å². The van der Waals surface area contributed by atoms with E-state index in [4.69, 9.17) is 85.3 Å². The summed E-state index contributed by atoms with van der Waals surface area (Å²) >= 11 is 0. The molecule has 0 aromatic heterocycles. The molecule has 31 nitrogen and oxygen atoms in total. The fraction of sp³-hybridized carbons (Fsp3) is 0.461. The topological polar surface area (TPSA) is 370 Å². The Labute approximate surface area is 776 Å². The van der Waals surface area contributed by atoms with E-state index in [9.17, 15) is 39.1 Å². The van der Waals surface area contributed by atoms with Gasteiger partial charge in [-0.05, 0) is 102 Å². The van der Waals surface area contributed by atoms with Crippen molar-refractivity contribution >= 4 is 42.0 Å². The van der Waals surface area contributed by atoms with Crippen molar-refractivity contribution in [3.05, 3.63) is 298 Å². The Balaban J connectivity index is 0.000000256. The summed E-state index contributed by atoms with van der Waals surface area (Å²) in [6.45, 7) is 11.4. The van der Waals surface area contributed by atoms with Crippen molar-refractivity contribution in [1.82, 2.24) is 16.0 Å². The molecule has 20 atom stereocenters. The molecule has 4 aliphatic rings. The molecule has 712 valence electrons. The second kappa shape index (κ2) is 55.2. The first-order valence-electron chi connectivity index (χ1n) is 45.6. The van der Waals surface area contributed by atoms with E-state index in [1.807, 2.05) is 210 Å². The van der Waals surface area contributed by atoms with Crippen molar-refractivity contribution in [2.24, 2.45) is 17.0 Å². The van der Waals surface area contributed by atoms with Crippen molar-refractivity contribution in [3.8, 4) is 0 Å². The highest BCUT2D eigenvalue weighted by atomic mass is 16.8. The van der Waals surface area contributed by atoms with E-state index >= 15 is 0 Å². The molecule has 0 radical (unpaired) electrons. The lowest BCUT2D eigenvalue weighted by Gasteiger charge is -2.49. The lowest BCUT2D eigenvalue weighted by molar-refractivity contribution is -0.343. The molecular weight excluding hydrogens is 1710 g/mol. The van der Waals surface area contributed by atoms with Gasteiger partial charge in [0, 0.05) is 50.0 Å². The smallest absolute Gasteiger partial charge is 0.407 e. The van der Waals surface area contributed by atoms with Crippen LogP contribution in [-0.2, 0) is 139 Å². The minimum absolute atomic E-state index is 0.0158. The predicted molar refractivity (Wildman–Crippen MR) is 487 cm³/mol.